The fourth-order valence-electron chi connectivity index (χ4n) is 1.96. The lowest BCUT2D eigenvalue weighted by Crippen LogP contribution is -2.35. The number of aromatic hydroxyl groups is 1. The van der Waals surface area contributed by atoms with Gasteiger partial charge in [-0.05, 0) is 36.8 Å². The summed E-state index contributed by atoms with van der Waals surface area (Å²) in [5.74, 6) is 0.592. The van der Waals surface area contributed by atoms with Gasteiger partial charge in [-0.1, -0.05) is 29.8 Å². The Morgan fingerprint density at radius 3 is 2.65 bits per heavy atom. The minimum absolute atomic E-state index is 0.0274. The molecule has 2 aromatic carbocycles. The lowest BCUT2D eigenvalue weighted by atomic mass is 10.2. The highest BCUT2D eigenvalue weighted by atomic mass is 35.5. The Labute approximate surface area is 139 Å². The van der Waals surface area contributed by atoms with Gasteiger partial charge in [0.2, 0.25) is 0 Å². The van der Waals surface area contributed by atoms with E-state index >= 15 is 0 Å². The molecule has 2 N–H and O–H groups in total. The van der Waals surface area contributed by atoms with Crippen molar-refractivity contribution < 1.29 is 19.4 Å². The molecule has 0 aliphatic heterocycles. The van der Waals surface area contributed by atoms with Crippen LogP contribution in [-0.4, -0.2) is 24.2 Å². The van der Waals surface area contributed by atoms with Crippen LogP contribution in [0.15, 0.2) is 42.5 Å². The molecule has 122 valence electrons. The third kappa shape index (κ3) is 4.53. The van der Waals surface area contributed by atoms with Crippen LogP contribution >= 0.6 is 11.6 Å². The second-order valence-corrected chi connectivity index (χ2v) is 5.32. The van der Waals surface area contributed by atoms with Gasteiger partial charge in [-0.25, -0.2) is 0 Å². The maximum Gasteiger partial charge on any atom is 0.261 e. The summed E-state index contributed by atoms with van der Waals surface area (Å²) in [4.78, 5) is 12.1. The van der Waals surface area contributed by atoms with Crippen molar-refractivity contribution in [2.24, 2.45) is 0 Å². The molecule has 0 aliphatic rings. The SMILES string of the molecule is COc1ccc(CNC(=O)C(C)Oc2ccccc2Cl)cc1O. The molecule has 5 nitrogen and oxygen atoms in total. The van der Waals surface area contributed by atoms with Crippen LogP contribution < -0.4 is 14.8 Å². The molecular weight excluding hydrogens is 318 g/mol. The third-order valence-electron chi connectivity index (χ3n) is 3.22. The molecule has 0 saturated carbocycles. The fourth-order valence-corrected chi connectivity index (χ4v) is 2.14. The van der Waals surface area contributed by atoms with Crippen molar-refractivity contribution in [3.05, 3.63) is 53.1 Å². The number of para-hydroxylation sites is 1. The predicted octanol–water partition coefficient (Wildman–Crippen LogP) is 3.14. The Morgan fingerprint density at radius 2 is 2.00 bits per heavy atom. The third-order valence-corrected chi connectivity index (χ3v) is 3.53. The Balaban J connectivity index is 1.91. The zero-order valence-electron chi connectivity index (χ0n) is 12.9. The van der Waals surface area contributed by atoms with Crippen LogP contribution in [0.25, 0.3) is 0 Å². The van der Waals surface area contributed by atoms with Crippen molar-refractivity contribution in [1.29, 1.82) is 0 Å². The largest absolute Gasteiger partial charge is 0.504 e. The number of hydrogen-bond acceptors (Lipinski definition) is 4. The number of rotatable bonds is 6. The van der Waals surface area contributed by atoms with E-state index < -0.39 is 6.10 Å². The van der Waals surface area contributed by atoms with Crippen LogP contribution in [0.2, 0.25) is 5.02 Å². The highest BCUT2D eigenvalue weighted by Crippen LogP contribution is 2.26. The number of phenols is 1. The first-order valence-corrected chi connectivity index (χ1v) is 7.44. The van der Waals surface area contributed by atoms with E-state index in [1.54, 1.807) is 49.4 Å². The molecule has 0 radical (unpaired) electrons. The molecule has 1 atom stereocenters. The molecule has 0 saturated heterocycles. The molecule has 0 fully saturated rings. The van der Waals surface area contributed by atoms with E-state index in [0.717, 1.165) is 5.56 Å². The highest BCUT2D eigenvalue weighted by Gasteiger charge is 2.15. The zero-order valence-corrected chi connectivity index (χ0v) is 13.6. The molecule has 0 heterocycles. The van der Waals surface area contributed by atoms with Crippen molar-refractivity contribution in [3.8, 4) is 17.2 Å². The average Bonchev–Trinajstić information content (AvgIpc) is 2.54. The summed E-state index contributed by atoms with van der Waals surface area (Å²) in [6.45, 7) is 1.91. The lowest BCUT2D eigenvalue weighted by molar-refractivity contribution is -0.127. The van der Waals surface area contributed by atoms with Gasteiger partial charge in [0.15, 0.2) is 17.6 Å². The van der Waals surface area contributed by atoms with E-state index in [4.69, 9.17) is 21.1 Å². The molecule has 0 aliphatic carbocycles. The number of hydrogen-bond donors (Lipinski definition) is 2. The Kier molecular flexibility index (Phi) is 5.71. The standard InChI is InChI=1S/C17H18ClNO4/c1-11(23-15-6-4-3-5-13(15)18)17(21)19-10-12-7-8-16(22-2)14(20)9-12/h3-9,11,20H,10H2,1-2H3,(H,19,21). The van der Waals surface area contributed by atoms with Gasteiger partial charge < -0.3 is 19.9 Å². The van der Waals surface area contributed by atoms with Gasteiger partial charge in [-0.15, -0.1) is 0 Å². The van der Waals surface area contributed by atoms with Gasteiger partial charge in [0.1, 0.15) is 5.75 Å². The summed E-state index contributed by atoms with van der Waals surface area (Å²) in [5.41, 5.74) is 0.751. The van der Waals surface area contributed by atoms with Crippen molar-refractivity contribution >= 4 is 17.5 Å². The van der Waals surface area contributed by atoms with E-state index in [-0.39, 0.29) is 18.2 Å². The summed E-state index contributed by atoms with van der Waals surface area (Å²) in [5, 5.41) is 12.9. The summed E-state index contributed by atoms with van der Waals surface area (Å²) in [6.07, 6.45) is -0.693. The molecule has 1 amide bonds. The Morgan fingerprint density at radius 1 is 1.26 bits per heavy atom. The number of carbonyl (C=O) groups is 1. The summed E-state index contributed by atoms with van der Waals surface area (Å²) >= 11 is 6.00. The Hall–Kier alpha value is -2.40. The second-order valence-electron chi connectivity index (χ2n) is 4.91. The number of halogens is 1. The number of methoxy groups -OCH3 is 1. The van der Waals surface area contributed by atoms with Crippen LogP contribution in [0.3, 0.4) is 0 Å². The van der Waals surface area contributed by atoms with Gasteiger partial charge in [0.05, 0.1) is 12.1 Å². The van der Waals surface area contributed by atoms with Crippen LogP contribution in [0, 0.1) is 0 Å². The normalized spacial score (nSPS) is 11.6. The minimum atomic E-state index is -0.693. The summed E-state index contributed by atoms with van der Waals surface area (Å²) in [7, 11) is 1.48. The number of ether oxygens (including phenoxy) is 2. The monoisotopic (exact) mass is 335 g/mol. The van der Waals surface area contributed by atoms with E-state index in [1.807, 2.05) is 0 Å². The first-order valence-electron chi connectivity index (χ1n) is 7.06. The number of phenolic OH excluding ortho intramolecular Hbond substituents is 1. The van der Waals surface area contributed by atoms with E-state index in [2.05, 4.69) is 5.32 Å². The number of carbonyl (C=O) groups excluding carboxylic acids is 1. The zero-order chi connectivity index (χ0) is 16.8. The lowest BCUT2D eigenvalue weighted by Gasteiger charge is -2.15. The molecule has 2 aromatic rings. The highest BCUT2D eigenvalue weighted by molar-refractivity contribution is 6.32. The topological polar surface area (TPSA) is 67.8 Å². The molecule has 0 bridgehead atoms. The maximum absolute atomic E-state index is 12.1. The Bertz CT molecular complexity index is 690. The van der Waals surface area contributed by atoms with Gasteiger partial charge in [-0.2, -0.15) is 0 Å². The average molecular weight is 336 g/mol. The van der Waals surface area contributed by atoms with E-state index in [1.165, 1.54) is 7.11 Å². The molecular formula is C17H18ClNO4. The van der Waals surface area contributed by atoms with Gasteiger partial charge in [-0.3, -0.25) is 4.79 Å². The molecule has 23 heavy (non-hydrogen) atoms. The van der Waals surface area contributed by atoms with Gasteiger partial charge in [0.25, 0.3) is 5.91 Å². The van der Waals surface area contributed by atoms with Crippen molar-refractivity contribution in [2.75, 3.05) is 7.11 Å². The number of amides is 1. The van der Waals surface area contributed by atoms with Gasteiger partial charge in [0, 0.05) is 6.54 Å². The summed E-state index contributed by atoms with van der Waals surface area (Å²) < 4.78 is 10.5. The number of benzene rings is 2. The van der Waals surface area contributed by atoms with E-state index in [0.29, 0.717) is 16.5 Å². The molecule has 0 aromatic heterocycles. The first kappa shape index (κ1) is 17.0. The van der Waals surface area contributed by atoms with E-state index in [9.17, 15) is 9.90 Å². The first-order chi connectivity index (χ1) is 11.0. The summed E-state index contributed by atoms with van der Waals surface area (Å²) in [6, 6.07) is 11.9. The fraction of sp³-hybridized carbons (Fsp3) is 0.235. The minimum Gasteiger partial charge on any atom is -0.504 e. The smallest absolute Gasteiger partial charge is 0.261 e. The molecule has 6 heteroatoms. The van der Waals surface area contributed by atoms with Crippen LogP contribution in [0.5, 0.6) is 17.2 Å². The predicted molar refractivity (Wildman–Crippen MR) is 88.0 cm³/mol. The van der Waals surface area contributed by atoms with Crippen molar-refractivity contribution in [2.45, 2.75) is 19.6 Å². The van der Waals surface area contributed by atoms with Crippen LogP contribution in [-0.2, 0) is 11.3 Å². The number of nitrogens with one attached hydrogen (secondary N) is 1. The molecule has 0 spiro atoms. The quantitative estimate of drug-likeness (QED) is 0.851. The van der Waals surface area contributed by atoms with Crippen molar-refractivity contribution in [1.82, 2.24) is 5.32 Å². The molecule has 1 unspecified atom stereocenters. The van der Waals surface area contributed by atoms with Crippen LogP contribution in [0.4, 0.5) is 0 Å². The van der Waals surface area contributed by atoms with Gasteiger partial charge >= 0.3 is 0 Å². The maximum atomic E-state index is 12.1. The van der Waals surface area contributed by atoms with Crippen LogP contribution in [0.1, 0.15) is 12.5 Å². The van der Waals surface area contributed by atoms with Crippen molar-refractivity contribution in [3.63, 3.8) is 0 Å². The molecule has 2 rings (SSSR count). The second kappa shape index (κ2) is 7.74.